The summed E-state index contributed by atoms with van der Waals surface area (Å²) in [6, 6.07) is 1.90. The van der Waals surface area contributed by atoms with Crippen LogP contribution in [0.5, 0.6) is 0 Å². The highest BCUT2D eigenvalue weighted by molar-refractivity contribution is 4.92. The minimum Gasteiger partial charge on any atom is -0.392 e. The molecule has 0 saturated carbocycles. The van der Waals surface area contributed by atoms with Gasteiger partial charge in [-0.3, -0.25) is 0 Å². The molecule has 1 saturated heterocycles. The van der Waals surface area contributed by atoms with Crippen LogP contribution in [0.25, 0.3) is 0 Å². The summed E-state index contributed by atoms with van der Waals surface area (Å²) in [6.07, 6.45) is 1.36. The maximum Gasteiger partial charge on any atom is 0.229 e. The Bertz CT molecular complexity index is 393. The van der Waals surface area contributed by atoms with E-state index in [1.807, 2.05) is 6.07 Å². The average molecular weight is 237 g/mol. The third-order valence-corrected chi connectivity index (χ3v) is 2.74. The minimum atomic E-state index is -0.733. The first-order chi connectivity index (χ1) is 8.28. The first-order valence-electron chi connectivity index (χ1n) is 5.72. The van der Waals surface area contributed by atoms with E-state index in [2.05, 4.69) is 10.1 Å². The normalized spacial score (nSPS) is 21.3. The molecular weight excluding hydrogens is 222 g/mol. The zero-order valence-electron chi connectivity index (χ0n) is 9.50. The van der Waals surface area contributed by atoms with Gasteiger partial charge in [-0.2, -0.15) is 10.2 Å². The van der Waals surface area contributed by atoms with E-state index in [0.29, 0.717) is 17.6 Å². The molecule has 0 amide bonds. The second-order valence-electron chi connectivity index (χ2n) is 4.26. The van der Waals surface area contributed by atoms with Gasteiger partial charge in [0.1, 0.15) is 0 Å². The molecule has 1 aromatic heterocycles. The fourth-order valence-corrected chi connectivity index (χ4v) is 1.84. The van der Waals surface area contributed by atoms with Crippen molar-refractivity contribution in [2.24, 2.45) is 5.92 Å². The Morgan fingerprint density at radius 1 is 1.59 bits per heavy atom. The molecule has 2 unspecified atom stereocenters. The molecule has 17 heavy (non-hydrogen) atoms. The van der Waals surface area contributed by atoms with Crippen LogP contribution in [-0.2, 0) is 17.6 Å². The Kier molecular flexibility index (Phi) is 4.07. The number of nitrogens with zero attached hydrogens (tertiary/aromatic N) is 3. The molecule has 1 aliphatic heterocycles. The molecule has 0 aromatic carbocycles. The van der Waals surface area contributed by atoms with E-state index in [-0.39, 0.29) is 12.8 Å². The third kappa shape index (κ3) is 3.51. The molecule has 6 heteroatoms. The molecule has 6 nitrogen and oxygen atoms in total. The summed E-state index contributed by atoms with van der Waals surface area (Å²) in [6.45, 7) is 1.55. The number of nitriles is 1. The van der Waals surface area contributed by atoms with Crippen LogP contribution in [0.15, 0.2) is 4.52 Å². The molecule has 0 aliphatic carbocycles. The Labute approximate surface area is 99.2 Å². The van der Waals surface area contributed by atoms with Crippen LogP contribution in [0.4, 0.5) is 0 Å². The lowest BCUT2D eigenvalue weighted by atomic mass is 10.1. The summed E-state index contributed by atoms with van der Waals surface area (Å²) < 4.78 is 10.3. The first kappa shape index (κ1) is 12.0. The number of ether oxygens (including phenoxy) is 1. The van der Waals surface area contributed by atoms with E-state index >= 15 is 0 Å². The fraction of sp³-hybridized carbons (Fsp3) is 0.727. The van der Waals surface area contributed by atoms with Crippen LogP contribution >= 0.6 is 0 Å². The van der Waals surface area contributed by atoms with Crippen molar-refractivity contribution in [1.82, 2.24) is 10.1 Å². The third-order valence-electron chi connectivity index (χ3n) is 2.74. The number of aliphatic hydroxyl groups is 1. The summed E-state index contributed by atoms with van der Waals surface area (Å²) in [7, 11) is 0. The highest BCUT2D eigenvalue weighted by atomic mass is 16.5. The summed E-state index contributed by atoms with van der Waals surface area (Å²) in [5.41, 5.74) is 0. The number of rotatable bonds is 5. The molecule has 2 rings (SSSR count). The molecule has 2 heterocycles. The zero-order valence-corrected chi connectivity index (χ0v) is 9.50. The van der Waals surface area contributed by atoms with Crippen molar-refractivity contribution in [3.8, 4) is 6.07 Å². The molecule has 0 radical (unpaired) electrons. The van der Waals surface area contributed by atoms with Gasteiger partial charge in [0.25, 0.3) is 0 Å². The smallest absolute Gasteiger partial charge is 0.229 e. The van der Waals surface area contributed by atoms with Crippen molar-refractivity contribution >= 4 is 0 Å². The lowest BCUT2D eigenvalue weighted by Crippen LogP contribution is -2.10. The Morgan fingerprint density at radius 2 is 2.47 bits per heavy atom. The van der Waals surface area contributed by atoms with Crippen molar-refractivity contribution in [1.29, 1.82) is 5.26 Å². The molecular formula is C11H15N3O3. The average Bonchev–Trinajstić information content (AvgIpc) is 2.91. The fourth-order valence-electron chi connectivity index (χ4n) is 1.84. The maximum atomic E-state index is 9.43. The second kappa shape index (κ2) is 5.75. The Balaban J connectivity index is 1.85. The van der Waals surface area contributed by atoms with Crippen LogP contribution in [0.1, 0.15) is 24.6 Å². The number of hydrogen-bond donors (Lipinski definition) is 1. The van der Waals surface area contributed by atoms with Crippen molar-refractivity contribution in [3.63, 3.8) is 0 Å². The predicted molar refractivity (Wildman–Crippen MR) is 56.9 cm³/mol. The molecule has 2 atom stereocenters. The van der Waals surface area contributed by atoms with E-state index in [9.17, 15) is 5.11 Å². The van der Waals surface area contributed by atoms with Gasteiger partial charge in [-0.05, 0) is 12.3 Å². The summed E-state index contributed by atoms with van der Waals surface area (Å²) in [4.78, 5) is 4.19. The van der Waals surface area contributed by atoms with Crippen molar-refractivity contribution in [2.75, 3.05) is 13.2 Å². The van der Waals surface area contributed by atoms with E-state index in [1.54, 1.807) is 0 Å². The molecule has 1 aliphatic rings. The lowest BCUT2D eigenvalue weighted by Gasteiger charge is -2.01. The standard InChI is InChI=1S/C11H15N3O3/c12-3-1-9(15)6-11-13-10(14-17-11)5-8-2-4-16-7-8/h8-9,15H,1-2,4-7H2. The topological polar surface area (TPSA) is 92.2 Å². The van der Waals surface area contributed by atoms with Crippen molar-refractivity contribution in [2.45, 2.75) is 31.8 Å². The predicted octanol–water partition coefficient (Wildman–Crippen LogP) is 0.466. The molecule has 92 valence electrons. The molecule has 1 fully saturated rings. The zero-order chi connectivity index (χ0) is 12.1. The van der Waals surface area contributed by atoms with E-state index in [0.717, 1.165) is 26.1 Å². The summed E-state index contributed by atoms with van der Waals surface area (Å²) >= 11 is 0. The molecule has 1 aromatic rings. The van der Waals surface area contributed by atoms with Gasteiger partial charge in [0.15, 0.2) is 5.82 Å². The summed E-state index contributed by atoms with van der Waals surface area (Å²) in [5.74, 6) is 1.51. The van der Waals surface area contributed by atoms with Gasteiger partial charge in [-0.25, -0.2) is 0 Å². The van der Waals surface area contributed by atoms with Crippen LogP contribution in [-0.4, -0.2) is 34.6 Å². The van der Waals surface area contributed by atoms with Crippen molar-refractivity contribution in [3.05, 3.63) is 11.7 Å². The molecule has 1 N–H and O–H groups in total. The quantitative estimate of drug-likeness (QED) is 0.800. The van der Waals surface area contributed by atoms with Gasteiger partial charge in [0.2, 0.25) is 5.89 Å². The molecule has 0 bridgehead atoms. The highest BCUT2D eigenvalue weighted by Crippen LogP contribution is 2.16. The Morgan fingerprint density at radius 3 is 3.18 bits per heavy atom. The lowest BCUT2D eigenvalue weighted by molar-refractivity contribution is 0.167. The monoisotopic (exact) mass is 237 g/mol. The van der Waals surface area contributed by atoms with Crippen LogP contribution in [0.3, 0.4) is 0 Å². The van der Waals surface area contributed by atoms with Gasteiger partial charge in [0, 0.05) is 19.6 Å². The van der Waals surface area contributed by atoms with E-state index < -0.39 is 6.10 Å². The van der Waals surface area contributed by atoms with Crippen LogP contribution in [0, 0.1) is 17.2 Å². The highest BCUT2D eigenvalue weighted by Gasteiger charge is 2.19. The van der Waals surface area contributed by atoms with E-state index in [1.165, 1.54) is 0 Å². The molecule has 0 spiro atoms. The number of hydrogen-bond acceptors (Lipinski definition) is 6. The first-order valence-corrected chi connectivity index (χ1v) is 5.72. The maximum absolute atomic E-state index is 9.43. The second-order valence-corrected chi connectivity index (χ2v) is 4.26. The number of aliphatic hydroxyl groups excluding tert-OH is 1. The van der Waals surface area contributed by atoms with Gasteiger partial charge in [-0.15, -0.1) is 0 Å². The van der Waals surface area contributed by atoms with Crippen molar-refractivity contribution < 1.29 is 14.4 Å². The number of aromatic nitrogens is 2. The van der Waals surface area contributed by atoms with Crippen LogP contribution in [0.2, 0.25) is 0 Å². The summed E-state index contributed by atoms with van der Waals surface area (Å²) in [5, 5.41) is 21.7. The van der Waals surface area contributed by atoms with Crippen LogP contribution < -0.4 is 0 Å². The van der Waals surface area contributed by atoms with Gasteiger partial charge in [0.05, 0.1) is 25.0 Å². The van der Waals surface area contributed by atoms with Gasteiger partial charge in [-0.1, -0.05) is 5.16 Å². The van der Waals surface area contributed by atoms with Gasteiger partial charge >= 0.3 is 0 Å². The SMILES string of the molecule is N#CCC(O)Cc1nc(CC2CCOC2)no1. The minimum absolute atomic E-state index is 0.0776. The van der Waals surface area contributed by atoms with Gasteiger partial charge < -0.3 is 14.4 Å². The van der Waals surface area contributed by atoms with E-state index in [4.69, 9.17) is 14.5 Å². The Hall–Kier alpha value is -1.45. The largest absolute Gasteiger partial charge is 0.392 e.